The third-order valence-corrected chi connectivity index (χ3v) is 5.34. The third kappa shape index (κ3) is 7.66. The molecule has 0 aromatic heterocycles. The molecule has 0 bridgehead atoms. The molecule has 1 N–H and O–H groups in total. The summed E-state index contributed by atoms with van der Waals surface area (Å²) in [5, 5.41) is 2.80. The van der Waals surface area contributed by atoms with Crippen LogP contribution in [-0.2, 0) is 46.8 Å². The Morgan fingerprint density at radius 3 is 2.03 bits per heavy atom. The molecule has 10 heteroatoms. The molecule has 1 aliphatic rings. The fourth-order valence-corrected chi connectivity index (χ4v) is 3.78. The number of carbonyl (C=O) groups excluding carboxylic acids is 1. The van der Waals surface area contributed by atoms with Crippen molar-refractivity contribution < 1.29 is 36.2 Å². The Bertz CT molecular complexity index is 954. The highest BCUT2D eigenvalue weighted by Gasteiger charge is 2.43. The van der Waals surface area contributed by atoms with E-state index in [2.05, 4.69) is 9.50 Å². The average Bonchev–Trinajstić information content (AvgIpc) is 2.76. The van der Waals surface area contributed by atoms with Crippen molar-refractivity contribution >= 4 is 16.3 Å². The first-order valence-electron chi connectivity index (χ1n) is 10.1. The van der Waals surface area contributed by atoms with Crippen LogP contribution in [0.25, 0.3) is 0 Å². The van der Waals surface area contributed by atoms with Crippen LogP contribution in [0, 0.1) is 0 Å². The Kier molecular flexibility index (Phi) is 8.74. The number of rotatable bonds is 10. The number of hydrogen-bond donors (Lipinski definition) is 1. The Labute approximate surface area is 187 Å². The molecule has 0 spiro atoms. The molecule has 1 fully saturated rings. The van der Waals surface area contributed by atoms with Crippen molar-refractivity contribution in [3.8, 4) is 0 Å². The molecule has 174 valence electrons. The summed E-state index contributed by atoms with van der Waals surface area (Å²) >= 11 is 0. The first-order valence-corrected chi connectivity index (χ1v) is 11.4. The van der Waals surface area contributed by atoms with Crippen molar-refractivity contribution in [2.24, 2.45) is 0 Å². The first kappa shape index (κ1) is 24.3. The highest BCUT2D eigenvalue weighted by molar-refractivity contribution is 7.80. The predicted molar refractivity (Wildman–Crippen MR) is 113 cm³/mol. The number of ether oxygens (including phenoxy) is 3. The number of hydrogen-bond acceptors (Lipinski definition) is 8. The molecule has 1 heterocycles. The molecule has 1 saturated heterocycles. The number of nitrogens with one attached hydrogen (secondary N) is 1. The van der Waals surface area contributed by atoms with Crippen molar-refractivity contribution in [3.05, 3.63) is 71.8 Å². The average molecular weight is 465 g/mol. The lowest BCUT2D eigenvalue weighted by Crippen LogP contribution is -2.61. The zero-order valence-corrected chi connectivity index (χ0v) is 18.4. The standard InChI is InChI=1S/C22H27NO8S/c1-16(24)23-19-14-28-20(15-31-32(25,26)27)22(30-13-18-10-6-3-7-11-18)21(19)29-12-17-8-4-2-5-9-17/h2-11,19-22H,12-15H2,1H3,(H,23,24)(H,25,26,27)/p-1/t19?,20?,21-,22+/m1/s1. The normalized spacial score (nSPS) is 23.6. The van der Waals surface area contributed by atoms with Crippen LogP contribution in [0.4, 0.5) is 0 Å². The monoisotopic (exact) mass is 464 g/mol. The summed E-state index contributed by atoms with van der Waals surface area (Å²) in [6, 6.07) is 18.3. The van der Waals surface area contributed by atoms with Gasteiger partial charge in [0.05, 0.1) is 32.5 Å². The van der Waals surface area contributed by atoms with Crippen molar-refractivity contribution in [2.45, 2.75) is 44.5 Å². The van der Waals surface area contributed by atoms with Gasteiger partial charge in [-0.15, -0.1) is 0 Å². The van der Waals surface area contributed by atoms with Gasteiger partial charge in [0.15, 0.2) is 0 Å². The quantitative estimate of drug-likeness (QED) is 0.415. The van der Waals surface area contributed by atoms with Crippen molar-refractivity contribution in [1.29, 1.82) is 0 Å². The summed E-state index contributed by atoms with van der Waals surface area (Å²) < 4.78 is 55.4. The number of amides is 1. The summed E-state index contributed by atoms with van der Waals surface area (Å²) in [4.78, 5) is 11.7. The topological polar surface area (TPSA) is 123 Å². The van der Waals surface area contributed by atoms with Gasteiger partial charge in [-0.25, -0.2) is 8.42 Å². The highest BCUT2D eigenvalue weighted by atomic mass is 32.3. The fourth-order valence-electron chi connectivity index (χ4n) is 3.48. The van der Waals surface area contributed by atoms with Gasteiger partial charge in [-0.05, 0) is 11.1 Å². The van der Waals surface area contributed by atoms with E-state index in [1.807, 2.05) is 60.7 Å². The third-order valence-electron chi connectivity index (χ3n) is 4.91. The van der Waals surface area contributed by atoms with E-state index in [0.29, 0.717) is 0 Å². The summed E-state index contributed by atoms with van der Waals surface area (Å²) in [5.41, 5.74) is 1.80. The van der Waals surface area contributed by atoms with Crippen LogP contribution in [0.15, 0.2) is 60.7 Å². The summed E-state index contributed by atoms with van der Waals surface area (Å²) in [5.74, 6) is -0.273. The van der Waals surface area contributed by atoms with E-state index in [1.165, 1.54) is 6.92 Å². The second kappa shape index (κ2) is 11.5. The minimum Gasteiger partial charge on any atom is -0.726 e. The maximum atomic E-state index is 11.7. The minimum absolute atomic E-state index is 0.0389. The van der Waals surface area contributed by atoms with Gasteiger partial charge >= 0.3 is 0 Å². The lowest BCUT2D eigenvalue weighted by Gasteiger charge is -2.42. The predicted octanol–water partition coefficient (Wildman–Crippen LogP) is 1.54. The molecule has 4 atom stereocenters. The lowest BCUT2D eigenvalue weighted by molar-refractivity contribution is -0.202. The van der Waals surface area contributed by atoms with Crippen LogP contribution < -0.4 is 5.32 Å². The van der Waals surface area contributed by atoms with Gasteiger partial charge < -0.3 is 24.1 Å². The SMILES string of the molecule is CC(=O)NC1COC(COS(=O)(=O)[O-])[C@H](OCc2ccccc2)[C@@H]1OCc1ccccc1. The second-order valence-corrected chi connectivity index (χ2v) is 8.45. The molecule has 2 unspecified atom stereocenters. The summed E-state index contributed by atoms with van der Waals surface area (Å²) in [7, 11) is -4.92. The number of carbonyl (C=O) groups is 1. The molecule has 32 heavy (non-hydrogen) atoms. The Hall–Kier alpha value is -2.34. The fraction of sp³-hybridized carbons (Fsp3) is 0.409. The minimum atomic E-state index is -4.92. The Balaban J connectivity index is 1.81. The van der Waals surface area contributed by atoms with Crippen LogP contribution in [0.1, 0.15) is 18.1 Å². The molecule has 2 aromatic rings. The zero-order valence-electron chi connectivity index (χ0n) is 17.6. The van der Waals surface area contributed by atoms with Crippen molar-refractivity contribution in [1.82, 2.24) is 5.32 Å². The molecule has 1 amide bonds. The van der Waals surface area contributed by atoms with Crippen LogP contribution >= 0.6 is 0 Å². The summed E-state index contributed by atoms with van der Waals surface area (Å²) in [6.07, 6.45) is -2.39. The molecular weight excluding hydrogens is 438 g/mol. The lowest BCUT2D eigenvalue weighted by atomic mass is 9.97. The van der Waals surface area contributed by atoms with Gasteiger partial charge in [0.25, 0.3) is 0 Å². The largest absolute Gasteiger partial charge is 0.726 e. The zero-order chi connectivity index (χ0) is 23.0. The van der Waals surface area contributed by atoms with E-state index >= 15 is 0 Å². The van der Waals surface area contributed by atoms with E-state index in [1.54, 1.807) is 0 Å². The highest BCUT2D eigenvalue weighted by Crippen LogP contribution is 2.25. The summed E-state index contributed by atoms with van der Waals surface area (Å²) in [6.45, 7) is 1.32. The van der Waals surface area contributed by atoms with Crippen LogP contribution in [0.2, 0.25) is 0 Å². The van der Waals surface area contributed by atoms with E-state index < -0.39 is 41.4 Å². The molecule has 0 saturated carbocycles. The van der Waals surface area contributed by atoms with Crippen molar-refractivity contribution in [3.63, 3.8) is 0 Å². The second-order valence-electron chi connectivity index (χ2n) is 7.39. The molecular formula is C22H26NO8S-. The van der Waals surface area contributed by atoms with Crippen LogP contribution in [-0.4, -0.2) is 56.4 Å². The van der Waals surface area contributed by atoms with Gasteiger partial charge in [0.1, 0.15) is 18.3 Å². The van der Waals surface area contributed by atoms with Gasteiger partial charge in [-0.2, -0.15) is 0 Å². The van der Waals surface area contributed by atoms with Gasteiger partial charge in [-0.1, -0.05) is 60.7 Å². The van der Waals surface area contributed by atoms with E-state index in [-0.39, 0.29) is 25.7 Å². The maximum Gasteiger partial charge on any atom is 0.217 e. The molecule has 0 aliphatic carbocycles. The first-order chi connectivity index (χ1) is 15.3. The van der Waals surface area contributed by atoms with Crippen LogP contribution in [0.3, 0.4) is 0 Å². The van der Waals surface area contributed by atoms with E-state index in [4.69, 9.17) is 14.2 Å². The molecule has 9 nitrogen and oxygen atoms in total. The van der Waals surface area contributed by atoms with Crippen LogP contribution in [0.5, 0.6) is 0 Å². The van der Waals surface area contributed by atoms with E-state index in [0.717, 1.165) is 11.1 Å². The van der Waals surface area contributed by atoms with Gasteiger partial charge in [0, 0.05) is 6.92 Å². The molecule has 3 rings (SSSR count). The van der Waals surface area contributed by atoms with Gasteiger partial charge in [0.2, 0.25) is 16.3 Å². The maximum absolute atomic E-state index is 11.7. The van der Waals surface area contributed by atoms with Crippen molar-refractivity contribution in [2.75, 3.05) is 13.2 Å². The van der Waals surface area contributed by atoms with E-state index in [9.17, 15) is 17.8 Å². The number of benzene rings is 2. The molecule has 2 aromatic carbocycles. The Morgan fingerprint density at radius 1 is 1.00 bits per heavy atom. The smallest absolute Gasteiger partial charge is 0.217 e. The van der Waals surface area contributed by atoms with Gasteiger partial charge in [-0.3, -0.25) is 8.98 Å². The molecule has 1 aliphatic heterocycles. The Morgan fingerprint density at radius 2 is 1.53 bits per heavy atom. The molecule has 0 radical (unpaired) electrons.